The molecule has 0 aliphatic carbocycles. The summed E-state index contributed by atoms with van der Waals surface area (Å²) in [5, 5.41) is 5.93. The van der Waals surface area contributed by atoms with Crippen LogP contribution in [0.4, 0.5) is 16.2 Å². The summed E-state index contributed by atoms with van der Waals surface area (Å²) in [4.78, 5) is 28.8. The van der Waals surface area contributed by atoms with Crippen LogP contribution in [0, 0.1) is 0 Å². The molecule has 2 amide bonds. The molecule has 2 heterocycles. The molecule has 2 aliphatic heterocycles. The van der Waals surface area contributed by atoms with Crippen LogP contribution in [-0.2, 0) is 14.3 Å². The lowest BCUT2D eigenvalue weighted by atomic mass is 10.1. The summed E-state index contributed by atoms with van der Waals surface area (Å²) < 4.78 is 10.7. The lowest BCUT2D eigenvalue weighted by molar-refractivity contribution is -0.116. The van der Waals surface area contributed by atoms with E-state index in [1.54, 1.807) is 0 Å². The van der Waals surface area contributed by atoms with E-state index in [1.807, 2.05) is 45.0 Å². The van der Waals surface area contributed by atoms with Crippen LogP contribution in [0.1, 0.15) is 40.0 Å². The van der Waals surface area contributed by atoms with Crippen LogP contribution in [0.2, 0.25) is 0 Å². The third-order valence-electron chi connectivity index (χ3n) is 5.49. The predicted octanol–water partition coefficient (Wildman–Crippen LogP) is 2.84. The van der Waals surface area contributed by atoms with Gasteiger partial charge in [0.1, 0.15) is 5.60 Å². The van der Waals surface area contributed by atoms with Crippen molar-refractivity contribution in [1.29, 1.82) is 0 Å². The molecule has 2 N–H and O–H groups in total. The number of alkyl carbamates (subject to hydrolysis) is 1. The fourth-order valence-corrected chi connectivity index (χ4v) is 3.84. The zero-order valence-corrected chi connectivity index (χ0v) is 19.0. The van der Waals surface area contributed by atoms with Crippen LogP contribution in [0.15, 0.2) is 24.3 Å². The number of morpholine rings is 1. The van der Waals surface area contributed by atoms with Crippen molar-refractivity contribution in [3.05, 3.63) is 24.3 Å². The molecule has 8 heteroatoms. The van der Waals surface area contributed by atoms with Crippen LogP contribution in [0.5, 0.6) is 0 Å². The van der Waals surface area contributed by atoms with E-state index in [9.17, 15) is 9.59 Å². The van der Waals surface area contributed by atoms with Gasteiger partial charge in [-0.15, -0.1) is 0 Å². The molecular weight excluding hydrogens is 396 g/mol. The summed E-state index contributed by atoms with van der Waals surface area (Å²) in [6, 6.07) is 8.13. The van der Waals surface area contributed by atoms with E-state index in [4.69, 9.17) is 9.47 Å². The Kier molecular flexibility index (Phi) is 8.15. The molecule has 1 aromatic rings. The maximum atomic E-state index is 12.3. The van der Waals surface area contributed by atoms with E-state index < -0.39 is 5.60 Å². The summed E-state index contributed by atoms with van der Waals surface area (Å²) in [5.41, 5.74) is 1.49. The van der Waals surface area contributed by atoms with Crippen LogP contribution in [-0.4, -0.2) is 74.5 Å². The molecule has 0 bridgehead atoms. The Labute approximate surface area is 185 Å². The molecular formula is C23H36N4O4. The van der Waals surface area contributed by atoms with Gasteiger partial charge < -0.3 is 29.9 Å². The number of hydrogen-bond donors (Lipinski definition) is 2. The number of rotatable bonds is 6. The average molecular weight is 433 g/mol. The first-order valence-corrected chi connectivity index (χ1v) is 11.2. The van der Waals surface area contributed by atoms with E-state index in [2.05, 4.69) is 20.4 Å². The quantitative estimate of drug-likeness (QED) is 0.719. The van der Waals surface area contributed by atoms with Gasteiger partial charge in [0.25, 0.3) is 0 Å². The fourth-order valence-electron chi connectivity index (χ4n) is 3.84. The Hall–Kier alpha value is -2.32. The number of nitrogens with one attached hydrogen (secondary N) is 2. The van der Waals surface area contributed by atoms with Crippen molar-refractivity contribution in [2.24, 2.45) is 0 Å². The Morgan fingerprint density at radius 3 is 2.32 bits per heavy atom. The molecule has 2 aliphatic rings. The van der Waals surface area contributed by atoms with Crippen molar-refractivity contribution in [3.8, 4) is 0 Å². The number of nitrogens with zero attached hydrogens (tertiary/aromatic N) is 2. The highest BCUT2D eigenvalue weighted by Crippen LogP contribution is 2.19. The maximum Gasteiger partial charge on any atom is 0.407 e. The smallest absolute Gasteiger partial charge is 0.407 e. The Balaban J connectivity index is 1.33. The fraction of sp³-hybridized carbons (Fsp3) is 0.652. The largest absolute Gasteiger partial charge is 0.444 e. The monoisotopic (exact) mass is 432 g/mol. The number of carbonyl (C=O) groups is 2. The van der Waals surface area contributed by atoms with Gasteiger partial charge in [0, 0.05) is 56.6 Å². The highest BCUT2D eigenvalue weighted by atomic mass is 16.6. The zero-order valence-electron chi connectivity index (χ0n) is 19.0. The molecule has 0 spiro atoms. The number of amides is 2. The second kappa shape index (κ2) is 10.8. The standard InChI is InChI=1S/C23H36N4O4/c1-23(2,3)31-22(29)25-19-8-11-26(12-9-19)13-10-21(28)24-18-4-6-20(7-5-18)27-14-16-30-17-15-27/h4-7,19H,8-17H2,1-3H3,(H,24,28)(H,25,29). The number of benzene rings is 1. The van der Waals surface area contributed by atoms with Gasteiger partial charge >= 0.3 is 6.09 Å². The third kappa shape index (κ3) is 8.03. The predicted molar refractivity (Wildman–Crippen MR) is 122 cm³/mol. The van der Waals surface area contributed by atoms with Crippen molar-refractivity contribution in [3.63, 3.8) is 0 Å². The second-order valence-corrected chi connectivity index (χ2v) is 9.21. The molecule has 3 rings (SSSR count). The molecule has 2 saturated heterocycles. The van der Waals surface area contributed by atoms with Gasteiger partial charge in [-0.2, -0.15) is 0 Å². The molecule has 8 nitrogen and oxygen atoms in total. The van der Waals surface area contributed by atoms with E-state index in [0.717, 1.165) is 70.2 Å². The van der Waals surface area contributed by atoms with Gasteiger partial charge in [0.15, 0.2) is 0 Å². The molecule has 0 saturated carbocycles. The van der Waals surface area contributed by atoms with E-state index in [0.29, 0.717) is 6.42 Å². The maximum absolute atomic E-state index is 12.3. The number of anilines is 2. The normalized spacial score (nSPS) is 18.5. The minimum atomic E-state index is -0.485. The molecule has 0 radical (unpaired) electrons. The summed E-state index contributed by atoms with van der Waals surface area (Å²) in [5.74, 6) is 0.0214. The first-order chi connectivity index (χ1) is 14.8. The third-order valence-corrected chi connectivity index (χ3v) is 5.49. The van der Waals surface area contributed by atoms with Crippen molar-refractivity contribution in [1.82, 2.24) is 10.2 Å². The van der Waals surface area contributed by atoms with Gasteiger partial charge in [-0.1, -0.05) is 0 Å². The molecule has 172 valence electrons. The Morgan fingerprint density at radius 2 is 1.71 bits per heavy atom. The number of carbonyl (C=O) groups excluding carboxylic acids is 2. The summed E-state index contributed by atoms with van der Waals surface area (Å²) >= 11 is 0. The molecule has 0 unspecified atom stereocenters. The Bertz CT molecular complexity index is 718. The highest BCUT2D eigenvalue weighted by molar-refractivity contribution is 5.91. The SMILES string of the molecule is CC(C)(C)OC(=O)NC1CCN(CCC(=O)Nc2ccc(N3CCOCC3)cc2)CC1. The van der Waals surface area contributed by atoms with Gasteiger partial charge in [-0.05, 0) is 57.9 Å². The first kappa shape index (κ1) is 23.3. The first-order valence-electron chi connectivity index (χ1n) is 11.2. The lowest BCUT2D eigenvalue weighted by Gasteiger charge is -2.32. The number of hydrogen-bond acceptors (Lipinski definition) is 6. The van der Waals surface area contributed by atoms with Crippen molar-refractivity contribution >= 4 is 23.4 Å². The second-order valence-electron chi connectivity index (χ2n) is 9.21. The van der Waals surface area contributed by atoms with E-state index >= 15 is 0 Å². The van der Waals surface area contributed by atoms with Gasteiger partial charge in [-0.3, -0.25) is 4.79 Å². The minimum absolute atomic E-state index is 0.0214. The Morgan fingerprint density at radius 1 is 1.06 bits per heavy atom. The average Bonchev–Trinajstić information content (AvgIpc) is 2.73. The van der Waals surface area contributed by atoms with Crippen molar-refractivity contribution in [2.45, 2.75) is 51.7 Å². The molecule has 2 fully saturated rings. The van der Waals surface area contributed by atoms with Gasteiger partial charge in [0.05, 0.1) is 13.2 Å². The van der Waals surface area contributed by atoms with Crippen LogP contribution in [0.3, 0.4) is 0 Å². The van der Waals surface area contributed by atoms with Crippen LogP contribution in [0.25, 0.3) is 0 Å². The molecule has 0 atom stereocenters. The number of ether oxygens (including phenoxy) is 2. The minimum Gasteiger partial charge on any atom is -0.444 e. The van der Waals surface area contributed by atoms with Gasteiger partial charge in [-0.25, -0.2) is 4.79 Å². The highest BCUT2D eigenvalue weighted by Gasteiger charge is 2.23. The molecule has 31 heavy (non-hydrogen) atoms. The number of likely N-dealkylation sites (tertiary alicyclic amines) is 1. The van der Waals surface area contributed by atoms with E-state index in [-0.39, 0.29) is 18.0 Å². The summed E-state index contributed by atoms with van der Waals surface area (Å²) in [6.07, 6.45) is 1.83. The van der Waals surface area contributed by atoms with E-state index in [1.165, 1.54) is 0 Å². The van der Waals surface area contributed by atoms with Crippen LogP contribution < -0.4 is 15.5 Å². The number of piperidine rings is 1. The topological polar surface area (TPSA) is 83.1 Å². The van der Waals surface area contributed by atoms with Crippen LogP contribution >= 0.6 is 0 Å². The van der Waals surface area contributed by atoms with Crippen molar-refractivity contribution < 1.29 is 19.1 Å². The zero-order chi connectivity index (χ0) is 22.3. The van der Waals surface area contributed by atoms with Gasteiger partial charge in [0.2, 0.25) is 5.91 Å². The summed E-state index contributed by atoms with van der Waals surface area (Å²) in [7, 11) is 0. The summed E-state index contributed by atoms with van der Waals surface area (Å²) in [6.45, 7) is 11.3. The molecule has 0 aromatic heterocycles. The van der Waals surface area contributed by atoms with Crippen molar-refractivity contribution in [2.75, 3.05) is 56.2 Å². The molecule has 1 aromatic carbocycles. The lowest BCUT2D eigenvalue weighted by Crippen LogP contribution is -2.46.